The van der Waals surface area contributed by atoms with Crippen LogP contribution in [0.1, 0.15) is 9.67 Å². The molecule has 1 N–H and O–H groups in total. The summed E-state index contributed by atoms with van der Waals surface area (Å²) in [6.45, 7) is 0. The Kier molecular flexibility index (Phi) is 5.83. The molecule has 3 aromatic carbocycles. The first-order valence-electron chi connectivity index (χ1n) is 10.4. The van der Waals surface area contributed by atoms with Gasteiger partial charge in [-0.2, -0.15) is 5.10 Å². The van der Waals surface area contributed by atoms with Crippen LogP contribution in [-0.2, 0) is 10.0 Å². The van der Waals surface area contributed by atoms with E-state index in [2.05, 4.69) is 4.72 Å². The van der Waals surface area contributed by atoms with Gasteiger partial charge in [-0.25, -0.2) is 17.8 Å². The van der Waals surface area contributed by atoms with Crippen molar-refractivity contribution in [3.05, 3.63) is 113 Å². The molecule has 2 aromatic heterocycles. The number of benzene rings is 3. The topological polar surface area (TPSA) is 81.1 Å². The molecule has 0 saturated heterocycles. The lowest BCUT2D eigenvalue weighted by atomic mass is 10.1. The first-order valence-corrected chi connectivity index (χ1v) is 12.8. The molecule has 34 heavy (non-hydrogen) atoms. The van der Waals surface area contributed by atoms with Crippen LogP contribution in [0.15, 0.2) is 113 Å². The Morgan fingerprint density at radius 1 is 0.765 bits per heavy atom. The van der Waals surface area contributed by atoms with E-state index in [0.717, 1.165) is 0 Å². The lowest BCUT2D eigenvalue weighted by Gasteiger charge is -2.11. The van der Waals surface area contributed by atoms with Crippen LogP contribution in [0.3, 0.4) is 0 Å². The lowest BCUT2D eigenvalue weighted by Crippen LogP contribution is -2.30. The number of amides is 1. The van der Waals surface area contributed by atoms with Crippen molar-refractivity contribution in [3.63, 3.8) is 0 Å². The van der Waals surface area contributed by atoms with Gasteiger partial charge in [0.2, 0.25) is 0 Å². The number of nitrogens with one attached hydrogen (secondary N) is 1. The SMILES string of the molecule is O=C(NS(=O)(=O)c1c(-c2ccccc2)nn(-c2ccccc2)c1-c1ccccc1)c1cccs1. The highest BCUT2D eigenvalue weighted by Crippen LogP contribution is 2.37. The highest BCUT2D eigenvalue weighted by molar-refractivity contribution is 7.90. The average molecular weight is 486 g/mol. The third-order valence-electron chi connectivity index (χ3n) is 5.18. The third kappa shape index (κ3) is 4.16. The van der Waals surface area contributed by atoms with Gasteiger partial charge in [-0.05, 0) is 23.6 Å². The number of hydrogen-bond donors (Lipinski definition) is 1. The van der Waals surface area contributed by atoms with E-state index in [9.17, 15) is 13.2 Å². The first kappa shape index (κ1) is 21.8. The first-order chi connectivity index (χ1) is 16.5. The smallest absolute Gasteiger partial charge is 0.267 e. The highest BCUT2D eigenvalue weighted by Gasteiger charge is 2.32. The molecule has 6 nitrogen and oxygen atoms in total. The minimum atomic E-state index is -4.31. The minimum Gasteiger partial charge on any atom is -0.267 e. The number of sulfonamides is 1. The van der Waals surface area contributed by atoms with Crippen molar-refractivity contribution in [2.24, 2.45) is 0 Å². The van der Waals surface area contributed by atoms with Gasteiger partial charge in [-0.3, -0.25) is 4.79 Å². The number of nitrogens with zero attached hydrogens (tertiary/aromatic N) is 2. The van der Waals surface area contributed by atoms with Crippen molar-refractivity contribution >= 4 is 27.3 Å². The van der Waals surface area contributed by atoms with Crippen molar-refractivity contribution in [1.82, 2.24) is 14.5 Å². The van der Waals surface area contributed by atoms with E-state index in [0.29, 0.717) is 27.4 Å². The van der Waals surface area contributed by atoms with Crippen LogP contribution >= 0.6 is 11.3 Å². The number of carbonyl (C=O) groups is 1. The summed E-state index contributed by atoms with van der Waals surface area (Å²) in [5.74, 6) is -0.680. The predicted molar refractivity (Wildman–Crippen MR) is 133 cm³/mol. The van der Waals surface area contributed by atoms with E-state index >= 15 is 0 Å². The fourth-order valence-corrected chi connectivity index (χ4v) is 5.69. The van der Waals surface area contributed by atoms with Crippen LogP contribution in [0.25, 0.3) is 28.2 Å². The maximum absolute atomic E-state index is 13.8. The summed E-state index contributed by atoms with van der Waals surface area (Å²) < 4.78 is 31.4. The van der Waals surface area contributed by atoms with E-state index in [1.165, 1.54) is 11.3 Å². The second kappa shape index (κ2) is 9.09. The van der Waals surface area contributed by atoms with Gasteiger partial charge in [-0.1, -0.05) is 84.9 Å². The largest absolute Gasteiger partial charge is 0.275 e. The quantitative estimate of drug-likeness (QED) is 0.350. The molecule has 0 aliphatic carbocycles. The van der Waals surface area contributed by atoms with E-state index in [4.69, 9.17) is 5.10 Å². The van der Waals surface area contributed by atoms with Crippen molar-refractivity contribution in [1.29, 1.82) is 0 Å². The molecule has 0 bridgehead atoms. The molecule has 2 heterocycles. The fraction of sp³-hybridized carbons (Fsp3) is 0. The second-order valence-corrected chi connectivity index (χ2v) is 9.98. The predicted octanol–water partition coefficient (Wildman–Crippen LogP) is 5.39. The van der Waals surface area contributed by atoms with Gasteiger partial charge in [0.15, 0.2) is 0 Å². The molecule has 0 unspecified atom stereocenters. The van der Waals surface area contributed by atoms with Gasteiger partial charge in [-0.15, -0.1) is 11.3 Å². The highest BCUT2D eigenvalue weighted by atomic mass is 32.2. The summed E-state index contributed by atoms with van der Waals surface area (Å²) in [6, 6.07) is 30.9. The van der Waals surface area contributed by atoms with E-state index in [1.54, 1.807) is 34.3 Å². The molecular weight excluding hydrogens is 466 g/mol. The summed E-state index contributed by atoms with van der Waals surface area (Å²) >= 11 is 1.17. The van der Waals surface area contributed by atoms with Crippen molar-refractivity contribution in [3.8, 4) is 28.2 Å². The summed E-state index contributed by atoms with van der Waals surface area (Å²) in [5.41, 5.74) is 2.61. The Hall–Kier alpha value is -4.01. The van der Waals surface area contributed by atoms with E-state index in [-0.39, 0.29) is 10.6 Å². The number of rotatable bonds is 6. The molecular formula is C26H19N3O3S2. The summed E-state index contributed by atoms with van der Waals surface area (Å²) in [7, 11) is -4.31. The Bertz CT molecular complexity index is 1530. The maximum atomic E-state index is 13.8. The Morgan fingerprint density at radius 2 is 1.35 bits per heavy atom. The Labute approximate surface area is 201 Å². The van der Waals surface area contributed by atoms with Crippen LogP contribution in [0.2, 0.25) is 0 Å². The lowest BCUT2D eigenvalue weighted by molar-refractivity contribution is 0.0985. The summed E-state index contributed by atoms with van der Waals surface area (Å²) in [4.78, 5) is 13.0. The van der Waals surface area contributed by atoms with E-state index in [1.807, 2.05) is 78.9 Å². The molecule has 0 saturated carbocycles. The van der Waals surface area contributed by atoms with Crippen LogP contribution in [0, 0.1) is 0 Å². The van der Waals surface area contributed by atoms with Gasteiger partial charge >= 0.3 is 0 Å². The monoisotopic (exact) mass is 485 g/mol. The molecule has 168 valence electrons. The van der Waals surface area contributed by atoms with Crippen LogP contribution in [-0.4, -0.2) is 24.1 Å². The van der Waals surface area contributed by atoms with Crippen molar-refractivity contribution in [2.75, 3.05) is 0 Å². The molecule has 8 heteroatoms. The zero-order chi connectivity index (χ0) is 23.5. The number of aromatic nitrogens is 2. The molecule has 0 fully saturated rings. The molecule has 5 rings (SSSR count). The molecule has 0 radical (unpaired) electrons. The number of para-hydroxylation sites is 1. The van der Waals surface area contributed by atoms with Gasteiger partial charge < -0.3 is 0 Å². The Morgan fingerprint density at radius 3 is 1.94 bits per heavy atom. The van der Waals surface area contributed by atoms with Gasteiger partial charge in [0, 0.05) is 11.1 Å². The molecule has 0 aliphatic heterocycles. The normalized spacial score (nSPS) is 11.3. The van der Waals surface area contributed by atoms with Gasteiger partial charge in [0.05, 0.1) is 16.3 Å². The van der Waals surface area contributed by atoms with Crippen LogP contribution in [0.4, 0.5) is 0 Å². The van der Waals surface area contributed by atoms with E-state index < -0.39 is 15.9 Å². The molecule has 0 spiro atoms. The third-order valence-corrected chi connectivity index (χ3v) is 7.42. The number of hydrogen-bond acceptors (Lipinski definition) is 5. The zero-order valence-electron chi connectivity index (χ0n) is 17.8. The summed E-state index contributed by atoms with van der Waals surface area (Å²) in [5, 5.41) is 6.47. The average Bonchev–Trinajstić information content (AvgIpc) is 3.55. The van der Waals surface area contributed by atoms with Gasteiger partial charge in [0.1, 0.15) is 10.6 Å². The maximum Gasteiger partial charge on any atom is 0.275 e. The molecule has 0 aliphatic rings. The van der Waals surface area contributed by atoms with Crippen LogP contribution < -0.4 is 4.72 Å². The second-order valence-electron chi connectivity index (χ2n) is 7.42. The molecule has 0 atom stereocenters. The van der Waals surface area contributed by atoms with Gasteiger partial charge in [0.25, 0.3) is 15.9 Å². The number of thiophene rings is 1. The van der Waals surface area contributed by atoms with Crippen LogP contribution in [0.5, 0.6) is 0 Å². The minimum absolute atomic E-state index is 0.0568. The van der Waals surface area contributed by atoms with Crippen molar-refractivity contribution in [2.45, 2.75) is 4.90 Å². The van der Waals surface area contributed by atoms with Crippen molar-refractivity contribution < 1.29 is 13.2 Å². The Balaban J connectivity index is 1.80. The molecule has 5 aromatic rings. The fourth-order valence-electron chi connectivity index (χ4n) is 3.68. The zero-order valence-corrected chi connectivity index (χ0v) is 19.5. The standard InChI is InChI=1S/C26H19N3O3S2/c30-26(22-17-10-18-33-22)28-34(31,32)25-23(19-11-4-1-5-12-19)27-29(21-15-8-3-9-16-21)24(25)20-13-6-2-7-14-20/h1-18H,(H,28,30). The summed E-state index contributed by atoms with van der Waals surface area (Å²) in [6.07, 6.45) is 0. The molecule has 1 amide bonds. The number of carbonyl (C=O) groups excluding carboxylic acids is 1.